The molecular formula is C10H17N3S. The van der Waals surface area contributed by atoms with Crippen LogP contribution in [-0.2, 0) is 5.54 Å². The molecular weight excluding hydrogens is 194 g/mol. The molecule has 1 aromatic heterocycles. The molecule has 0 radical (unpaired) electrons. The number of hydrogen-bond donors (Lipinski definition) is 1. The van der Waals surface area contributed by atoms with Gasteiger partial charge in [0, 0.05) is 6.07 Å². The fourth-order valence-electron chi connectivity index (χ4n) is 1.28. The molecule has 0 amide bonds. The Morgan fingerprint density at radius 2 is 2.07 bits per heavy atom. The summed E-state index contributed by atoms with van der Waals surface area (Å²) in [6.45, 7) is 10.2. The van der Waals surface area contributed by atoms with Gasteiger partial charge < -0.3 is 5.32 Å². The number of aryl methyl sites for hydroxylation is 1. The summed E-state index contributed by atoms with van der Waals surface area (Å²) in [4.78, 5) is 0.760. The predicted molar refractivity (Wildman–Crippen MR) is 63.9 cm³/mol. The quantitative estimate of drug-likeness (QED) is 0.724. The Kier molecular flexibility index (Phi) is 2.95. The normalized spacial score (nSPS) is 11.5. The minimum Gasteiger partial charge on any atom is -0.335 e. The van der Waals surface area contributed by atoms with E-state index in [9.17, 15) is 0 Å². The number of hydrogen-bond acceptors (Lipinski definition) is 2. The highest BCUT2D eigenvalue weighted by Crippen LogP contribution is 2.20. The van der Waals surface area contributed by atoms with Crippen LogP contribution in [0.25, 0.3) is 0 Å². The molecule has 0 spiro atoms. The molecule has 78 valence electrons. The van der Waals surface area contributed by atoms with Gasteiger partial charge in [0.2, 0.25) is 0 Å². The van der Waals surface area contributed by atoms with E-state index in [4.69, 9.17) is 12.2 Å². The molecule has 1 heterocycles. The zero-order chi connectivity index (χ0) is 10.9. The molecule has 0 atom stereocenters. The highest BCUT2D eigenvalue weighted by atomic mass is 32.1. The van der Waals surface area contributed by atoms with Crippen molar-refractivity contribution in [2.45, 2.75) is 40.2 Å². The predicted octanol–water partition coefficient (Wildman–Crippen LogP) is 2.71. The van der Waals surface area contributed by atoms with E-state index in [1.54, 1.807) is 0 Å². The van der Waals surface area contributed by atoms with Gasteiger partial charge in [0.1, 0.15) is 5.82 Å². The summed E-state index contributed by atoms with van der Waals surface area (Å²) < 4.78 is 1.96. The Morgan fingerprint density at radius 3 is 2.50 bits per heavy atom. The van der Waals surface area contributed by atoms with Crippen molar-refractivity contribution < 1.29 is 0 Å². The maximum absolute atomic E-state index is 5.02. The molecule has 0 aromatic carbocycles. The average Bonchev–Trinajstić information content (AvgIpc) is 2.28. The number of nitrogens with zero attached hydrogens (tertiary/aromatic N) is 2. The Labute approximate surface area is 90.5 Å². The Bertz CT molecular complexity index is 347. The molecule has 3 nitrogen and oxygen atoms in total. The molecule has 1 aromatic rings. The summed E-state index contributed by atoms with van der Waals surface area (Å²) in [5.41, 5.74) is 0.972. The molecule has 0 saturated heterocycles. The zero-order valence-electron chi connectivity index (χ0n) is 9.38. The van der Waals surface area contributed by atoms with Gasteiger partial charge in [-0.2, -0.15) is 5.10 Å². The number of nitrogens with one attached hydrogen (secondary N) is 1. The Morgan fingerprint density at radius 1 is 1.50 bits per heavy atom. The fraction of sp³-hybridized carbons (Fsp3) is 0.600. The second-order valence-corrected chi connectivity index (χ2v) is 5.05. The minimum atomic E-state index is -0.0264. The van der Waals surface area contributed by atoms with Gasteiger partial charge in [0.05, 0.1) is 16.2 Å². The van der Waals surface area contributed by atoms with Crippen molar-refractivity contribution in [2.24, 2.45) is 0 Å². The fourth-order valence-corrected chi connectivity index (χ4v) is 1.38. The first-order valence-corrected chi connectivity index (χ1v) is 5.06. The van der Waals surface area contributed by atoms with Crippen LogP contribution in [0.15, 0.2) is 6.07 Å². The van der Waals surface area contributed by atoms with E-state index in [1.165, 1.54) is 0 Å². The van der Waals surface area contributed by atoms with Gasteiger partial charge in [-0.3, -0.25) is 0 Å². The van der Waals surface area contributed by atoms with E-state index >= 15 is 0 Å². The number of aromatic nitrogens is 2. The molecule has 0 aliphatic rings. The first-order chi connectivity index (χ1) is 6.30. The summed E-state index contributed by atoms with van der Waals surface area (Å²) in [6, 6.07) is 2.00. The lowest BCUT2D eigenvalue weighted by Gasteiger charge is -2.22. The number of rotatable bonds is 1. The Balaban J connectivity index is 3.09. The standard InChI is InChI=1S/C10H17N3S/c1-7-6-9(11-8(2)14)13(12-7)10(3,4)5/h6H,1-5H3,(H,11,14). The van der Waals surface area contributed by atoms with Crippen LogP contribution in [0.5, 0.6) is 0 Å². The third kappa shape index (κ3) is 2.54. The lowest BCUT2D eigenvalue weighted by molar-refractivity contribution is 0.360. The van der Waals surface area contributed by atoms with Crippen LogP contribution in [0.1, 0.15) is 33.4 Å². The maximum Gasteiger partial charge on any atom is 0.129 e. The van der Waals surface area contributed by atoms with E-state index in [1.807, 2.05) is 24.6 Å². The van der Waals surface area contributed by atoms with Crippen molar-refractivity contribution in [3.63, 3.8) is 0 Å². The molecule has 1 rings (SSSR count). The average molecular weight is 211 g/mol. The Hall–Kier alpha value is -0.900. The van der Waals surface area contributed by atoms with Crippen LogP contribution in [-0.4, -0.2) is 14.8 Å². The van der Waals surface area contributed by atoms with Crippen molar-refractivity contribution in [3.05, 3.63) is 11.8 Å². The van der Waals surface area contributed by atoms with Crippen LogP contribution in [0.4, 0.5) is 5.82 Å². The zero-order valence-corrected chi connectivity index (χ0v) is 10.2. The van der Waals surface area contributed by atoms with Gasteiger partial charge >= 0.3 is 0 Å². The molecule has 0 unspecified atom stereocenters. The summed E-state index contributed by atoms with van der Waals surface area (Å²) in [7, 11) is 0. The molecule has 0 bridgehead atoms. The van der Waals surface area contributed by atoms with E-state index < -0.39 is 0 Å². The number of anilines is 1. The van der Waals surface area contributed by atoms with Crippen LogP contribution in [0.3, 0.4) is 0 Å². The summed E-state index contributed by atoms with van der Waals surface area (Å²) >= 11 is 5.02. The molecule has 1 N–H and O–H groups in total. The van der Waals surface area contributed by atoms with Crippen LogP contribution in [0, 0.1) is 6.92 Å². The second kappa shape index (κ2) is 3.69. The van der Waals surface area contributed by atoms with E-state index in [0.29, 0.717) is 0 Å². The van der Waals surface area contributed by atoms with Gasteiger partial charge in [-0.25, -0.2) is 4.68 Å². The monoisotopic (exact) mass is 211 g/mol. The van der Waals surface area contributed by atoms with Crippen molar-refractivity contribution >= 4 is 23.0 Å². The van der Waals surface area contributed by atoms with Gasteiger partial charge in [-0.15, -0.1) is 0 Å². The highest BCUT2D eigenvalue weighted by molar-refractivity contribution is 7.80. The third-order valence-corrected chi connectivity index (χ3v) is 1.87. The maximum atomic E-state index is 5.02. The van der Waals surface area contributed by atoms with E-state index in [-0.39, 0.29) is 5.54 Å². The van der Waals surface area contributed by atoms with Crippen molar-refractivity contribution in [1.29, 1.82) is 0 Å². The molecule has 0 fully saturated rings. The minimum absolute atomic E-state index is 0.0264. The van der Waals surface area contributed by atoms with Crippen LogP contribution >= 0.6 is 12.2 Å². The van der Waals surface area contributed by atoms with Gasteiger partial charge in [0.25, 0.3) is 0 Å². The number of thiocarbonyl (C=S) groups is 1. The van der Waals surface area contributed by atoms with E-state index in [0.717, 1.165) is 16.5 Å². The van der Waals surface area contributed by atoms with Crippen molar-refractivity contribution in [3.8, 4) is 0 Å². The molecule has 14 heavy (non-hydrogen) atoms. The SMILES string of the molecule is CC(=S)Nc1cc(C)nn1C(C)(C)C. The molecule has 0 aliphatic heterocycles. The van der Waals surface area contributed by atoms with Crippen molar-refractivity contribution in [1.82, 2.24) is 9.78 Å². The largest absolute Gasteiger partial charge is 0.335 e. The van der Waals surface area contributed by atoms with Gasteiger partial charge in [-0.05, 0) is 34.6 Å². The van der Waals surface area contributed by atoms with Gasteiger partial charge in [-0.1, -0.05) is 12.2 Å². The lowest BCUT2D eigenvalue weighted by atomic mass is 10.1. The highest BCUT2D eigenvalue weighted by Gasteiger charge is 2.18. The summed E-state index contributed by atoms with van der Waals surface area (Å²) in [6.07, 6.45) is 0. The lowest BCUT2D eigenvalue weighted by Crippen LogP contribution is -2.25. The van der Waals surface area contributed by atoms with Gasteiger partial charge in [0.15, 0.2) is 0 Å². The first kappa shape index (κ1) is 11.2. The van der Waals surface area contributed by atoms with Crippen LogP contribution in [0.2, 0.25) is 0 Å². The summed E-state index contributed by atoms with van der Waals surface area (Å²) in [5.74, 6) is 0.961. The first-order valence-electron chi connectivity index (χ1n) is 4.65. The molecule has 0 saturated carbocycles. The third-order valence-electron chi connectivity index (χ3n) is 1.77. The summed E-state index contributed by atoms with van der Waals surface area (Å²) in [5, 5.41) is 7.56. The van der Waals surface area contributed by atoms with Crippen LogP contribution < -0.4 is 5.32 Å². The van der Waals surface area contributed by atoms with Crippen molar-refractivity contribution in [2.75, 3.05) is 5.32 Å². The van der Waals surface area contributed by atoms with E-state index in [2.05, 4.69) is 31.2 Å². The molecule has 0 aliphatic carbocycles. The smallest absolute Gasteiger partial charge is 0.129 e. The molecule has 4 heteroatoms. The topological polar surface area (TPSA) is 29.9 Å². The second-order valence-electron chi connectivity index (χ2n) is 4.43.